The molecule has 0 aromatic carbocycles. The Morgan fingerprint density at radius 2 is 2.04 bits per heavy atom. The van der Waals surface area contributed by atoms with E-state index in [-0.39, 0.29) is 5.03 Å². The fraction of sp³-hybridized carbons (Fsp3) is 0.286. The molecule has 1 fully saturated rings. The monoisotopic (exact) mass is 353 g/mol. The largest absolute Gasteiger partial charge is 0.378 e. The first-order chi connectivity index (χ1) is 11.1. The Bertz CT molecular complexity index is 784. The van der Waals surface area contributed by atoms with Gasteiger partial charge >= 0.3 is 0 Å². The van der Waals surface area contributed by atoms with E-state index < -0.39 is 15.9 Å². The summed E-state index contributed by atoms with van der Waals surface area (Å²) in [4.78, 5) is 18.1. The zero-order chi connectivity index (χ0) is 16.3. The van der Waals surface area contributed by atoms with E-state index in [0.717, 1.165) is 0 Å². The molecular weight excluding hydrogens is 338 g/mol. The number of pyridine rings is 1. The van der Waals surface area contributed by atoms with Crippen molar-refractivity contribution >= 4 is 33.1 Å². The lowest BCUT2D eigenvalue weighted by Crippen LogP contribution is -2.37. The molecule has 0 bridgehead atoms. The maximum atomic E-state index is 12.3. The average molecular weight is 353 g/mol. The zero-order valence-electron chi connectivity index (χ0n) is 12.1. The molecule has 1 aliphatic heterocycles. The smallest absolute Gasteiger partial charge is 0.281 e. The number of hydrogen-bond donors (Lipinski definition) is 1. The van der Waals surface area contributed by atoms with Crippen LogP contribution in [0.15, 0.2) is 40.1 Å². The first-order valence-corrected chi connectivity index (χ1v) is 9.38. The number of thiophene rings is 1. The van der Waals surface area contributed by atoms with Gasteiger partial charge in [0.15, 0.2) is 5.03 Å². The lowest BCUT2D eigenvalue weighted by Gasteiger charge is -2.27. The van der Waals surface area contributed by atoms with E-state index >= 15 is 0 Å². The zero-order valence-corrected chi connectivity index (χ0v) is 13.8. The number of anilines is 1. The fourth-order valence-electron chi connectivity index (χ4n) is 2.15. The van der Waals surface area contributed by atoms with Gasteiger partial charge in [0.25, 0.3) is 15.9 Å². The molecule has 0 spiro atoms. The molecule has 1 N–H and O–H groups in total. The lowest BCUT2D eigenvalue weighted by atomic mass is 10.3. The van der Waals surface area contributed by atoms with Gasteiger partial charge in [-0.1, -0.05) is 6.07 Å². The average Bonchev–Trinajstić information content (AvgIpc) is 3.10. The van der Waals surface area contributed by atoms with Crippen LogP contribution in [0.4, 0.5) is 5.82 Å². The maximum Gasteiger partial charge on any atom is 0.281 e. The van der Waals surface area contributed by atoms with Crippen LogP contribution >= 0.6 is 11.3 Å². The van der Waals surface area contributed by atoms with Crippen molar-refractivity contribution in [2.45, 2.75) is 5.03 Å². The summed E-state index contributed by atoms with van der Waals surface area (Å²) in [5.74, 6) is -0.107. The molecule has 0 saturated carbocycles. The molecule has 3 rings (SSSR count). The van der Waals surface area contributed by atoms with Gasteiger partial charge in [-0.3, -0.25) is 4.79 Å². The molecule has 7 nitrogen and oxygen atoms in total. The number of carbonyl (C=O) groups excluding carboxylic acids is 1. The van der Waals surface area contributed by atoms with E-state index in [1.165, 1.54) is 17.4 Å². The van der Waals surface area contributed by atoms with Crippen LogP contribution in [-0.4, -0.2) is 45.6 Å². The standard InChI is InChI=1S/C14H15N3O4S2/c18-14(11-4-9-22-10-11)16-23(19,20)13-3-1-2-12(15-13)17-5-7-21-8-6-17/h1-4,9-10H,5-8H2,(H,16,18). The van der Waals surface area contributed by atoms with Gasteiger partial charge in [-0.15, -0.1) is 0 Å². The second-order valence-electron chi connectivity index (χ2n) is 4.88. The Morgan fingerprint density at radius 1 is 1.26 bits per heavy atom. The molecular formula is C14H15N3O4S2. The van der Waals surface area contributed by atoms with Crippen LogP contribution in [0.5, 0.6) is 0 Å². The number of rotatable bonds is 4. The van der Waals surface area contributed by atoms with Crippen LogP contribution in [0, 0.1) is 0 Å². The SMILES string of the molecule is O=C(NS(=O)(=O)c1cccc(N2CCOCC2)n1)c1ccsc1. The molecule has 2 aromatic rings. The van der Waals surface area contributed by atoms with E-state index in [1.54, 1.807) is 29.0 Å². The highest BCUT2D eigenvalue weighted by Gasteiger charge is 2.22. The molecule has 1 saturated heterocycles. The third kappa shape index (κ3) is 3.69. The van der Waals surface area contributed by atoms with Crippen molar-refractivity contribution in [3.63, 3.8) is 0 Å². The molecule has 0 atom stereocenters. The number of nitrogens with zero attached hydrogens (tertiary/aromatic N) is 2. The van der Waals surface area contributed by atoms with Gasteiger partial charge in [0, 0.05) is 18.5 Å². The summed E-state index contributed by atoms with van der Waals surface area (Å²) in [6.07, 6.45) is 0. The topological polar surface area (TPSA) is 88.6 Å². The van der Waals surface area contributed by atoms with Gasteiger partial charge in [-0.05, 0) is 23.6 Å². The molecule has 1 amide bonds. The summed E-state index contributed by atoms with van der Waals surface area (Å²) in [6, 6.07) is 6.28. The Balaban J connectivity index is 1.81. The molecule has 0 unspecified atom stereocenters. The van der Waals surface area contributed by atoms with Crippen molar-refractivity contribution < 1.29 is 17.9 Å². The number of carbonyl (C=O) groups is 1. The van der Waals surface area contributed by atoms with Crippen LogP contribution in [0.3, 0.4) is 0 Å². The van der Waals surface area contributed by atoms with E-state index in [4.69, 9.17) is 4.74 Å². The maximum absolute atomic E-state index is 12.3. The Morgan fingerprint density at radius 3 is 2.74 bits per heavy atom. The molecule has 0 radical (unpaired) electrons. The van der Waals surface area contributed by atoms with Crippen LogP contribution in [0.1, 0.15) is 10.4 Å². The van der Waals surface area contributed by atoms with Crippen molar-refractivity contribution in [1.29, 1.82) is 0 Å². The minimum Gasteiger partial charge on any atom is -0.378 e. The Labute approximate surface area is 138 Å². The van der Waals surface area contributed by atoms with Gasteiger partial charge in [-0.25, -0.2) is 9.71 Å². The van der Waals surface area contributed by atoms with Gasteiger partial charge in [0.1, 0.15) is 5.82 Å². The number of hydrogen-bond acceptors (Lipinski definition) is 7. The minimum absolute atomic E-state index is 0.176. The number of amides is 1. The highest BCUT2D eigenvalue weighted by Crippen LogP contribution is 2.16. The number of aromatic nitrogens is 1. The predicted molar refractivity (Wildman–Crippen MR) is 86.2 cm³/mol. The van der Waals surface area contributed by atoms with E-state index in [0.29, 0.717) is 37.7 Å². The second-order valence-corrected chi connectivity index (χ2v) is 7.29. The van der Waals surface area contributed by atoms with Crippen molar-refractivity contribution in [3.05, 3.63) is 40.6 Å². The van der Waals surface area contributed by atoms with Gasteiger partial charge in [0.05, 0.1) is 18.8 Å². The molecule has 122 valence electrons. The van der Waals surface area contributed by atoms with Crippen LogP contribution < -0.4 is 9.62 Å². The molecule has 9 heteroatoms. The third-order valence-corrected chi connectivity index (χ3v) is 5.25. The van der Waals surface area contributed by atoms with Crippen molar-refractivity contribution in [1.82, 2.24) is 9.71 Å². The molecule has 3 heterocycles. The summed E-state index contributed by atoms with van der Waals surface area (Å²) >= 11 is 1.32. The number of ether oxygens (including phenoxy) is 1. The van der Waals surface area contributed by atoms with Crippen LogP contribution in [0.25, 0.3) is 0 Å². The lowest BCUT2D eigenvalue weighted by molar-refractivity contribution is 0.0981. The summed E-state index contributed by atoms with van der Waals surface area (Å²) in [5.41, 5.74) is 0.308. The van der Waals surface area contributed by atoms with E-state index in [9.17, 15) is 13.2 Å². The highest BCUT2D eigenvalue weighted by atomic mass is 32.2. The Kier molecular flexibility index (Phi) is 4.60. The number of sulfonamides is 1. The summed E-state index contributed by atoms with van der Waals surface area (Å²) in [6.45, 7) is 2.45. The predicted octanol–water partition coefficient (Wildman–Crippen LogP) is 1.10. The van der Waals surface area contributed by atoms with Crippen LogP contribution in [0.2, 0.25) is 0 Å². The molecule has 1 aliphatic rings. The highest BCUT2D eigenvalue weighted by molar-refractivity contribution is 7.90. The molecule has 0 aliphatic carbocycles. The second kappa shape index (κ2) is 6.65. The normalized spacial score (nSPS) is 15.4. The number of nitrogens with one attached hydrogen (secondary N) is 1. The van der Waals surface area contributed by atoms with Crippen molar-refractivity contribution in [3.8, 4) is 0 Å². The first-order valence-electron chi connectivity index (χ1n) is 6.95. The quantitative estimate of drug-likeness (QED) is 0.885. The van der Waals surface area contributed by atoms with Gasteiger partial charge < -0.3 is 9.64 Å². The summed E-state index contributed by atoms with van der Waals surface area (Å²) in [5, 5.41) is 3.12. The Hall–Kier alpha value is -1.97. The van der Waals surface area contributed by atoms with E-state index in [2.05, 4.69) is 4.98 Å². The van der Waals surface area contributed by atoms with Crippen molar-refractivity contribution in [2.75, 3.05) is 31.2 Å². The molecule has 23 heavy (non-hydrogen) atoms. The van der Waals surface area contributed by atoms with Gasteiger partial charge in [0.2, 0.25) is 0 Å². The number of morpholine rings is 1. The minimum atomic E-state index is -4.01. The molecule has 2 aromatic heterocycles. The first kappa shape index (κ1) is 15.9. The third-order valence-electron chi connectivity index (χ3n) is 3.33. The van der Waals surface area contributed by atoms with Crippen molar-refractivity contribution in [2.24, 2.45) is 0 Å². The summed E-state index contributed by atoms with van der Waals surface area (Å²) in [7, 11) is -4.01. The summed E-state index contributed by atoms with van der Waals surface area (Å²) < 4.78 is 32.0. The fourth-order valence-corrected chi connectivity index (χ4v) is 3.72. The van der Waals surface area contributed by atoms with E-state index in [1.807, 2.05) is 9.62 Å². The van der Waals surface area contributed by atoms with Gasteiger partial charge in [-0.2, -0.15) is 19.8 Å². The van der Waals surface area contributed by atoms with Crippen LogP contribution in [-0.2, 0) is 14.8 Å².